The van der Waals surface area contributed by atoms with E-state index in [-0.39, 0.29) is 67.9 Å². The molecule has 0 spiro atoms. The smallest absolute Gasteiger partial charge is 0.318 e. The van der Waals surface area contributed by atoms with Crippen molar-refractivity contribution in [2.75, 3.05) is 67.1 Å². The van der Waals surface area contributed by atoms with E-state index in [1.807, 2.05) is 20.8 Å². The number of methoxy groups -OCH3 is 2. The Morgan fingerprint density at radius 3 is 2.40 bits per heavy atom. The van der Waals surface area contributed by atoms with Gasteiger partial charge in [-0.15, -0.1) is 0 Å². The number of carbonyl (C=O) groups is 4. The molecule has 5 amide bonds. The van der Waals surface area contributed by atoms with Gasteiger partial charge in [-0.25, -0.2) is 4.79 Å². The van der Waals surface area contributed by atoms with Crippen LogP contribution in [0.15, 0.2) is 0 Å². The molecule has 0 aromatic rings. The number of nitrogens with one attached hydrogen (secondary N) is 3. The van der Waals surface area contributed by atoms with Gasteiger partial charge < -0.3 is 45.2 Å². The molecule has 2 saturated heterocycles. The second kappa shape index (κ2) is 17.6. The van der Waals surface area contributed by atoms with E-state index in [1.165, 1.54) is 0 Å². The number of hydrogen-bond donors (Lipinski definition) is 4. The number of aliphatic hydroxyl groups excluding tert-OH is 1. The van der Waals surface area contributed by atoms with Crippen LogP contribution in [0.25, 0.3) is 0 Å². The Hall–Kier alpha value is -2.48. The van der Waals surface area contributed by atoms with Crippen molar-refractivity contribution in [2.24, 2.45) is 11.8 Å². The fourth-order valence-electron chi connectivity index (χ4n) is 6.19. The zero-order valence-corrected chi connectivity index (χ0v) is 26.6. The first-order chi connectivity index (χ1) is 20.0. The number of amides is 5. The summed E-state index contributed by atoms with van der Waals surface area (Å²) in [5, 5.41) is 17.8. The number of likely N-dealkylation sites (tertiary alicyclic amines) is 1. The quantitative estimate of drug-likeness (QED) is 0.206. The van der Waals surface area contributed by atoms with Gasteiger partial charge in [0.25, 0.3) is 0 Å². The molecule has 0 saturated carbocycles. The summed E-state index contributed by atoms with van der Waals surface area (Å²) in [4.78, 5) is 57.4. The van der Waals surface area contributed by atoms with Crippen molar-refractivity contribution in [2.45, 2.75) is 83.7 Å². The van der Waals surface area contributed by atoms with Crippen molar-refractivity contribution < 1.29 is 33.8 Å². The lowest BCUT2D eigenvalue weighted by Crippen LogP contribution is -2.57. The lowest BCUT2D eigenvalue weighted by molar-refractivity contribution is -0.145. The zero-order chi connectivity index (χ0) is 31.4. The molecule has 42 heavy (non-hydrogen) atoms. The van der Waals surface area contributed by atoms with E-state index in [9.17, 15) is 19.2 Å². The van der Waals surface area contributed by atoms with Crippen LogP contribution in [0.4, 0.5) is 4.79 Å². The molecule has 0 bridgehead atoms. The number of piperazine rings is 1. The molecule has 4 N–H and O–H groups in total. The van der Waals surface area contributed by atoms with Crippen molar-refractivity contribution in [1.29, 1.82) is 0 Å². The molecule has 0 aliphatic carbocycles. The minimum Gasteiger partial charge on any atom is -0.395 e. The lowest BCUT2D eigenvalue weighted by Gasteiger charge is -2.39. The summed E-state index contributed by atoms with van der Waals surface area (Å²) in [5.74, 6) is -1.11. The van der Waals surface area contributed by atoms with E-state index in [0.29, 0.717) is 32.6 Å². The molecule has 2 aliphatic rings. The summed E-state index contributed by atoms with van der Waals surface area (Å²) in [6, 6.07) is -0.905. The maximum Gasteiger partial charge on any atom is 0.318 e. The first-order valence-corrected chi connectivity index (χ1v) is 15.3. The zero-order valence-electron chi connectivity index (χ0n) is 26.6. The molecule has 2 fully saturated rings. The Kier molecular flexibility index (Phi) is 15.0. The molecule has 2 aliphatic heterocycles. The number of aliphatic hydroxyl groups is 1. The lowest BCUT2D eigenvalue weighted by atomic mass is 9.90. The molecule has 13 nitrogen and oxygen atoms in total. The minimum atomic E-state index is -0.571. The van der Waals surface area contributed by atoms with Gasteiger partial charge in [-0.05, 0) is 25.7 Å². The maximum absolute atomic E-state index is 13.7. The van der Waals surface area contributed by atoms with Crippen LogP contribution in [0.5, 0.6) is 0 Å². The Balaban J connectivity index is 2.11. The number of carbonyl (C=O) groups excluding carboxylic acids is 4. The predicted molar refractivity (Wildman–Crippen MR) is 159 cm³/mol. The number of urea groups is 1. The first-order valence-electron chi connectivity index (χ1n) is 15.3. The molecular weight excluding hydrogens is 544 g/mol. The van der Waals surface area contributed by atoms with E-state index in [0.717, 1.165) is 12.8 Å². The van der Waals surface area contributed by atoms with Gasteiger partial charge >= 0.3 is 6.03 Å². The molecule has 0 aromatic carbocycles. The summed E-state index contributed by atoms with van der Waals surface area (Å²) in [6.45, 7) is 10.2. The second-order valence-electron chi connectivity index (χ2n) is 11.6. The molecule has 2 rings (SSSR count). The Morgan fingerprint density at radius 1 is 1.10 bits per heavy atom. The van der Waals surface area contributed by atoms with Crippen molar-refractivity contribution in [3.63, 3.8) is 0 Å². The molecule has 2 heterocycles. The van der Waals surface area contributed by atoms with Gasteiger partial charge in [0.2, 0.25) is 17.7 Å². The van der Waals surface area contributed by atoms with E-state index in [2.05, 4.69) is 16.0 Å². The summed E-state index contributed by atoms with van der Waals surface area (Å²) >= 11 is 0. The van der Waals surface area contributed by atoms with Crippen LogP contribution in [-0.4, -0.2) is 141 Å². The highest BCUT2D eigenvalue weighted by Gasteiger charge is 2.42. The van der Waals surface area contributed by atoms with Crippen molar-refractivity contribution in [3.05, 3.63) is 0 Å². The minimum absolute atomic E-state index is 0.0249. The Morgan fingerprint density at radius 2 is 1.81 bits per heavy atom. The molecule has 0 radical (unpaired) electrons. The van der Waals surface area contributed by atoms with Crippen LogP contribution in [0.2, 0.25) is 0 Å². The molecular formula is C29H54N6O7. The number of ether oxygens (including phenoxy) is 2. The van der Waals surface area contributed by atoms with Crippen molar-refractivity contribution in [1.82, 2.24) is 30.7 Å². The van der Waals surface area contributed by atoms with Crippen LogP contribution in [0, 0.1) is 11.8 Å². The van der Waals surface area contributed by atoms with Crippen molar-refractivity contribution >= 4 is 23.8 Å². The van der Waals surface area contributed by atoms with Crippen molar-refractivity contribution in [3.8, 4) is 0 Å². The van der Waals surface area contributed by atoms with Crippen LogP contribution in [0.3, 0.4) is 0 Å². The summed E-state index contributed by atoms with van der Waals surface area (Å²) < 4.78 is 11.6. The van der Waals surface area contributed by atoms with Gasteiger partial charge in [-0.3, -0.25) is 14.4 Å². The molecule has 0 aromatic heterocycles. The SMILES string of the molecule is CC[C@H](C)[C@@H]([C@@H](CC(=O)N1CCC[C@H]1[C@H](OC)[C@@H](C)C(=O)NCCO)OC)N(C)C(=O)CNC(=O)N1CCNC[C@@H]1C. The monoisotopic (exact) mass is 598 g/mol. The first kappa shape index (κ1) is 35.7. The fraction of sp³-hybridized carbons (Fsp3) is 0.862. The normalized spacial score (nSPS) is 22.6. The van der Waals surface area contributed by atoms with Gasteiger partial charge in [0.1, 0.15) is 0 Å². The van der Waals surface area contributed by atoms with E-state index in [4.69, 9.17) is 14.6 Å². The fourth-order valence-corrected chi connectivity index (χ4v) is 6.19. The average molecular weight is 599 g/mol. The third kappa shape index (κ3) is 9.26. The summed E-state index contributed by atoms with van der Waals surface area (Å²) in [5.41, 5.74) is 0. The van der Waals surface area contributed by atoms with E-state index >= 15 is 0 Å². The van der Waals surface area contributed by atoms with E-state index < -0.39 is 24.2 Å². The highest BCUT2D eigenvalue weighted by Crippen LogP contribution is 2.29. The predicted octanol–water partition coefficient (Wildman–Crippen LogP) is 0.0185. The molecule has 242 valence electrons. The summed E-state index contributed by atoms with van der Waals surface area (Å²) in [6.07, 6.45) is 1.24. The summed E-state index contributed by atoms with van der Waals surface area (Å²) in [7, 11) is 4.79. The molecule has 7 atom stereocenters. The van der Waals surface area contributed by atoms with Gasteiger partial charge in [-0.2, -0.15) is 0 Å². The maximum atomic E-state index is 13.7. The standard InChI is InChI=1S/C29H54N6O7/c1-8-19(2)26(33(5)25(38)18-32-29(40)34-14-11-30-17-20(34)3)23(41-6)16-24(37)35-13-9-10-22(35)27(42-7)21(4)28(39)31-12-15-36/h19-23,26-27,30,36H,8-18H2,1-7H3,(H,31,39)(H,32,40)/t19-,20-,21+,22-,23+,26-,27+/m0/s1. The van der Waals surface area contributed by atoms with Crippen LogP contribution < -0.4 is 16.0 Å². The van der Waals surface area contributed by atoms with Crippen LogP contribution >= 0.6 is 0 Å². The number of rotatable bonds is 15. The van der Waals surface area contributed by atoms with E-state index in [1.54, 1.807) is 42.9 Å². The van der Waals surface area contributed by atoms with Crippen LogP contribution in [0.1, 0.15) is 53.4 Å². The number of likely N-dealkylation sites (N-methyl/N-ethyl adjacent to an activating group) is 1. The number of nitrogens with zero attached hydrogens (tertiary/aromatic N) is 3. The van der Waals surface area contributed by atoms with Gasteiger partial charge in [-0.1, -0.05) is 27.2 Å². The van der Waals surface area contributed by atoms with Gasteiger partial charge in [0.05, 0.1) is 49.8 Å². The molecule has 13 heteroatoms. The third-order valence-corrected chi connectivity index (χ3v) is 8.87. The Labute approximate surface area is 251 Å². The Bertz CT molecular complexity index is 893. The average Bonchev–Trinajstić information content (AvgIpc) is 3.47. The van der Waals surface area contributed by atoms with Gasteiger partial charge in [0, 0.05) is 60.0 Å². The van der Waals surface area contributed by atoms with Crippen LogP contribution in [-0.2, 0) is 23.9 Å². The van der Waals surface area contributed by atoms with Gasteiger partial charge in [0.15, 0.2) is 0 Å². The second-order valence-corrected chi connectivity index (χ2v) is 11.6. The topological polar surface area (TPSA) is 153 Å². The highest BCUT2D eigenvalue weighted by molar-refractivity contribution is 5.84. The number of hydrogen-bond acceptors (Lipinski definition) is 8. The highest BCUT2D eigenvalue weighted by atomic mass is 16.5. The third-order valence-electron chi connectivity index (χ3n) is 8.87. The molecule has 0 unspecified atom stereocenters. The largest absolute Gasteiger partial charge is 0.395 e.